The molecule has 0 aromatic heterocycles. The molecule has 0 aliphatic heterocycles. The molecule has 9 nitrogen and oxygen atoms in total. The van der Waals surface area contributed by atoms with Crippen LogP contribution in [0.1, 0.15) is 40.0 Å². The summed E-state index contributed by atoms with van der Waals surface area (Å²) in [6.07, 6.45) is 0.0625. The summed E-state index contributed by atoms with van der Waals surface area (Å²) in [4.78, 5) is 67.1. The van der Waals surface area contributed by atoms with Crippen molar-refractivity contribution in [1.29, 1.82) is 0 Å². The van der Waals surface area contributed by atoms with Crippen molar-refractivity contribution in [3.05, 3.63) is 0 Å². The van der Waals surface area contributed by atoms with Crippen LogP contribution in [0.3, 0.4) is 0 Å². The van der Waals surface area contributed by atoms with E-state index in [-0.39, 0.29) is 71.4 Å². The number of rotatable bonds is 6. The first kappa shape index (κ1) is 33.5. The zero-order chi connectivity index (χ0) is 22.3. The molecule has 10 heteroatoms. The Morgan fingerprint density at radius 3 is 0.643 bits per heavy atom. The number of carbonyl (C=O) groups excluding carboxylic acids is 6. The normalized spacial score (nSPS) is 8.46. The van der Waals surface area contributed by atoms with Crippen LogP contribution in [-0.4, -0.2) is 92.1 Å². The van der Waals surface area contributed by atoms with Crippen LogP contribution in [0.15, 0.2) is 0 Å². The van der Waals surface area contributed by atoms with Crippen LogP contribution in [0.25, 0.3) is 0 Å². The Balaban J connectivity index is -0.000000152. The fourth-order valence-electron chi connectivity index (χ4n) is 1.11. The second-order valence-electron chi connectivity index (χ2n) is 6.50. The maximum absolute atomic E-state index is 10.7. The number of hydrogen-bond donors (Lipinski definition) is 0. The Labute approximate surface area is 178 Å². The van der Waals surface area contributed by atoms with E-state index in [0.717, 1.165) is 0 Å². The number of carbonyl (C=O) groups is 6. The van der Waals surface area contributed by atoms with Gasteiger partial charge in [0.2, 0.25) is 17.7 Å². The van der Waals surface area contributed by atoms with E-state index in [0.29, 0.717) is 0 Å². The SMILES string of the molecule is CC(=O)CC(=O)N(C)C.CC(=O)CC(=O)N(C)C.CC(=O)CC(=O)N(C)C.[Fe]. The molecule has 164 valence electrons. The third-order valence-corrected chi connectivity index (χ3v) is 2.70. The molecule has 0 N–H and O–H groups in total. The maximum atomic E-state index is 10.7. The molecule has 3 amide bonds. The molecule has 0 aromatic rings. The molecule has 0 atom stereocenters. The summed E-state index contributed by atoms with van der Waals surface area (Å²) in [6.45, 7) is 4.21. The van der Waals surface area contributed by atoms with Gasteiger partial charge in [0.1, 0.15) is 17.3 Å². The molecule has 0 rings (SSSR count). The summed E-state index contributed by atoms with van der Waals surface area (Å²) >= 11 is 0. The summed E-state index contributed by atoms with van der Waals surface area (Å²) in [5.74, 6) is -0.677. The van der Waals surface area contributed by atoms with Crippen molar-refractivity contribution in [3.63, 3.8) is 0 Å². The number of Topliss-reactive ketones (excluding diaryl/α,β-unsaturated/α-hetero) is 3. The molecular weight excluding hydrogens is 410 g/mol. The summed E-state index contributed by atoms with van der Waals surface area (Å²) in [5, 5.41) is 0. The van der Waals surface area contributed by atoms with E-state index in [1.54, 1.807) is 42.3 Å². The molecule has 0 spiro atoms. The smallest absolute Gasteiger partial charge is 0.229 e. The van der Waals surface area contributed by atoms with Crippen LogP contribution in [0.5, 0.6) is 0 Å². The van der Waals surface area contributed by atoms with Gasteiger partial charge in [0.05, 0.1) is 19.3 Å². The van der Waals surface area contributed by atoms with Crippen molar-refractivity contribution in [1.82, 2.24) is 14.7 Å². The van der Waals surface area contributed by atoms with Crippen molar-refractivity contribution in [2.45, 2.75) is 40.0 Å². The van der Waals surface area contributed by atoms with Gasteiger partial charge < -0.3 is 14.7 Å². The molecule has 0 saturated heterocycles. The average molecular weight is 443 g/mol. The Morgan fingerprint density at radius 1 is 0.464 bits per heavy atom. The second kappa shape index (κ2) is 18.3. The molecule has 0 aromatic carbocycles. The molecule has 0 bridgehead atoms. The van der Waals surface area contributed by atoms with Gasteiger partial charge in [-0.1, -0.05) is 0 Å². The Hall–Kier alpha value is -2.06. The second-order valence-corrected chi connectivity index (χ2v) is 6.50. The van der Waals surface area contributed by atoms with E-state index in [1.165, 1.54) is 35.5 Å². The van der Waals surface area contributed by atoms with E-state index >= 15 is 0 Å². The molecule has 0 heterocycles. The summed E-state index contributed by atoms with van der Waals surface area (Å²) in [5.41, 5.74) is 0. The predicted molar refractivity (Wildman–Crippen MR) is 102 cm³/mol. The average Bonchev–Trinajstić information content (AvgIpc) is 2.46. The maximum Gasteiger partial charge on any atom is 0.229 e. The van der Waals surface area contributed by atoms with Crippen LogP contribution in [-0.2, 0) is 45.8 Å². The first-order valence-corrected chi connectivity index (χ1v) is 8.20. The number of ketones is 3. The fourth-order valence-corrected chi connectivity index (χ4v) is 1.11. The minimum atomic E-state index is -0.137. The number of amides is 3. The monoisotopic (exact) mass is 443 g/mol. The third-order valence-electron chi connectivity index (χ3n) is 2.70. The first-order chi connectivity index (χ1) is 12.1. The minimum Gasteiger partial charge on any atom is -0.348 e. The van der Waals surface area contributed by atoms with Crippen molar-refractivity contribution in [2.75, 3.05) is 42.3 Å². The van der Waals surface area contributed by atoms with Crippen molar-refractivity contribution in [3.8, 4) is 0 Å². The summed E-state index contributed by atoms with van der Waals surface area (Å²) < 4.78 is 0. The van der Waals surface area contributed by atoms with E-state index in [1.807, 2.05) is 0 Å². The third kappa shape index (κ3) is 26.2. The topological polar surface area (TPSA) is 112 Å². The van der Waals surface area contributed by atoms with Crippen molar-refractivity contribution >= 4 is 35.1 Å². The van der Waals surface area contributed by atoms with Gasteiger partial charge >= 0.3 is 0 Å². The largest absolute Gasteiger partial charge is 0.348 e. The predicted octanol–water partition coefficient (Wildman–Crippen LogP) is 0.159. The molecular formula is C18H33FeN3O6. The summed E-state index contributed by atoms with van der Waals surface area (Å²) in [7, 11) is 9.78. The Morgan fingerprint density at radius 2 is 0.607 bits per heavy atom. The van der Waals surface area contributed by atoms with Crippen molar-refractivity contribution < 1.29 is 45.8 Å². The van der Waals surface area contributed by atoms with Crippen LogP contribution in [0.2, 0.25) is 0 Å². The van der Waals surface area contributed by atoms with Crippen molar-refractivity contribution in [2.24, 2.45) is 0 Å². The zero-order valence-corrected chi connectivity index (χ0v) is 19.4. The Bertz CT molecular complexity index is 469. The van der Waals surface area contributed by atoms with Gasteiger partial charge in [-0.2, -0.15) is 0 Å². The van der Waals surface area contributed by atoms with E-state index in [9.17, 15) is 28.8 Å². The molecule has 0 aliphatic rings. The van der Waals surface area contributed by atoms with Crippen LogP contribution in [0, 0.1) is 0 Å². The number of nitrogens with zero attached hydrogens (tertiary/aromatic N) is 3. The van der Waals surface area contributed by atoms with Crippen LogP contribution >= 0.6 is 0 Å². The van der Waals surface area contributed by atoms with E-state index in [2.05, 4.69) is 0 Å². The van der Waals surface area contributed by atoms with Gasteiger partial charge in [-0.05, 0) is 20.8 Å². The zero-order valence-electron chi connectivity index (χ0n) is 18.3. The molecule has 0 saturated carbocycles. The van der Waals surface area contributed by atoms with Gasteiger partial charge in [0.25, 0.3) is 0 Å². The Kier molecular flexibility index (Phi) is 21.9. The van der Waals surface area contributed by atoms with Gasteiger partial charge in [0.15, 0.2) is 0 Å². The number of hydrogen-bond acceptors (Lipinski definition) is 6. The van der Waals surface area contributed by atoms with Crippen LogP contribution in [0.4, 0.5) is 0 Å². The van der Waals surface area contributed by atoms with E-state index in [4.69, 9.17) is 0 Å². The molecule has 28 heavy (non-hydrogen) atoms. The molecule has 0 radical (unpaired) electrons. The summed E-state index contributed by atoms with van der Waals surface area (Å²) in [6, 6.07) is 0. The standard InChI is InChI=1S/3C6H11NO2.Fe/c3*1-5(8)4-6(9)7(2)3;/h3*4H2,1-3H3;. The molecule has 0 aliphatic carbocycles. The van der Waals surface area contributed by atoms with Gasteiger partial charge in [-0.3, -0.25) is 28.8 Å². The molecule has 0 unspecified atom stereocenters. The van der Waals surface area contributed by atoms with Crippen LogP contribution < -0.4 is 0 Å². The minimum absolute atomic E-state index is 0. The first-order valence-electron chi connectivity index (χ1n) is 8.20. The molecule has 0 fully saturated rings. The quantitative estimate of drug-likeness (QED) is 0.427. The van der Waals surface area contributed by atoms with E-state index < -0.39 is 0 Å². The van der Waals surface area contributed by atoms with Gasteiger partial charge in [0, 0.05) is 59.4 Å². The fraction of sp³-hybridized carbons (Fsp3) is 0.667. The van der Waals surface area contributed by atoms with Gasteiger partial charge in [-0.15, -0.1) is 0 Å². The van der Waals surface area contributed by atoms with Gasteiger partial charge in [-0.25, -0.2) is 0 Å².